The molecule has 20 heavy (non-hydrogen) atoms. The van der Waals surface area contributed by atoms with Crippen LogP contribution in [0.2, 0.25) is 0 Å². The molecular formula is C13H16BrN5O. The zero-order valence-corrected chi connectivity index (χ0v) is 12.9. The fraction of sp³-hybridized carbons (Fsp3) is 0.231. The van der Waals surface area contributed by atoms with E-state index in [4.69, 9.17) is 10.6 Å². The van der Waals surface area contributed by atoms with E-state index in [0.29, 0.717) is 23.9 Å². The van der Waals surface area contributed by atoms with Crippen LogP contribution in [0.3, 0.4) is 0 Å². The summed E-state index contributed by atoms with van der Waals surface area (Å²) in [7, 11) is 3.50. The predicted molar refractivity (Wildman–Crippen MR) is 82.6 cm³/mol. The number of nitrogens with two attached hydrogens (primary N) is 1. The van der Waals surface area contributed by atoms with Gasteiger partial charge in [0.25, 0.3) is 0 Å². The predicted octanol–water partition coefficient (Wildman–Crippen LogP) is 2.17. The monoisotopic (exact) mass is 337 g/mol. The topological polar surface area (TPSA) is 76.3 Å². The Hall–Kier alpha value is -1.86. The van der Waals surface area contributed by atoms with Crippen molar-refractivity contribution in [3.63, 3.8) is 0 Å². The van der Waals surface area contributed by atoms with Gasteiger partial charge in [0.15, 0.2) is 11.6 Å². The molecule has 0 atom stereocenters. The summed E-state index contributed by atoms with van der Waals surface area (Å²) in [5.41, 5.74) is 3.66. The van der Waals surface area contributed by atoms with Gasteiger partial charge in [0.05, 0.1) is 7.11 Å². The molecule has 2 rings (SSSR count). The number of ether oxygens (including phenoxy) is 1. The fourth-order valence-electron chi connectivity index (χ4n) is 1.91. The lowest BCUT2D eigenvalue weighted by atomic mass is 10.2. The molecule has 3 N–H and O–H groups in total. The average molecular weight is 338 g/mol. The van der Waals surface area contributed by atoms with Gasteiger partial charge in [-0.05, 0) is 17.7 Å². The second kappa shape index (κ2) is 6.53. The smallest absolute Gasteiger partial charge is 0.205 e. The quantitative estimate of drug-likeness (QED) is 0.643. The van der Waals surface area contributed by atoms with Crippen LogP contribution in [0, 0.1) is 0 Å². The van der Waals surface area contributed by atoms with Gasteiger partial charge < -0.3 is 15.1 Å². The minimum atomic E-state index is 0.457. The molecule has 1 aromatic heterocycles. The summed E-state index contributed by atoms with van der Waals surface area (Å²) in [5.74, 6) is 7.08. The number of nitrogens with zero attached hydrogens (tertiary/aromatic N) is 3. The van der Waals surface area contributed by atoms with E-state index in [2.05, 4.69) is 43.5 Å². The minimum Gasteiger partial charge on any atom is -0.490 e. The first-order valence-electron chi connectivity index (χ1n) is 5.97. The van der Waals surface area contributed by atoms with Crippen LogP contribution in [-0.4, -0.2) is 24.1 Å². The fourth-order valence-corrected chi connectivity index (χ4v) is 2.36. The summed E-state index contributed by atoms with van der Waals surface area (Å²) in [6.07, 6.45) is 1.45. The molecule has 2 aromatic rings. The maximum absolute atomic E-state index is 5.42. The number of hydrogen-bond acceptors (Lipinski definition) is 6. The molecule has 0 aliphatic rings. The molecule has 0 aliphatic heterocycles. The Balaban J connectivity index is 2.27. The number of halogens is 1. The molecule has 0 saturated heterocycles. The van der Waals surface area contributed by atoms with Gasteiger partial charge in [0.2, 0.25) is 5.75 Å². The van der Waals surface area contributed by atoms with Gasteiger partial charge in [-0.3, -0.25) is 0 Å². The Bertz CT molecular complexity index is 593. The normalized spacial score (nSPS) is 10.2. The highest BCUT2D eigenvalue weighted by molar-refractivity contribution is 9.10. The van der Waals surface area contributed by atoms with Crippen LogP contribution in [-0.2, 0) is 6.54 Å². The van der Waals surface area contributed by atoms with Gasteiger partial charge in [-0.2, -0.15) is 0 Å². The molecule has 7 heteroatoms. The van der Waals surface area contributed by atoms with Crippen molar-refractivity contribution in [2.45, 2.75) is 6.54 Å². The van der Waals surface area contributed by atoms with E-state index in [-0.39, 0.29) is 0 Å². The van der Waals surface area contributed by atoms with Crippen molar-refractivity contribution in [2.75, 3.05) is 24.5 Å². The molecule has 106 valence electrons. The van der Waals surface area contributed by atoms with Crippen LogP contribution in [0.15, 0.2) is 35.1 Å². The Morgan fingerprint density at radius 2 is 2.20 bits per heavy atom. The summed E-state index contributed by atoms with van der Waals surface area (Å²) in [5, 5.41) is 0. The zero-order valence-electron chi connectivity index (χ0n) is 11.3. The van der Waals surface area contributed by atoms with Crippen LogP contribution in [0.5, 0.6) is 5.75 Å². The molecule has 0 saturated carbocycles. The van der Waals surface area contributed by atoms with Crippen LogP contribution in [0.25, 0.3) is 0 Å². The Kier molecular flexibility index (Phi) is 4.75. The number of anilines is 2. The highest BCUT2D eigenvalue weighted by Gasteiger charge is 2.15. The van der Waals surface area contributed by atoms with Gasteiger partial charge in [0, 0.05) is 18.1 Å². The van der Waals surface area contributed by atoms with E-state index >= 15 is 0 Å². The van der Waals surface area contributed by atoms with Crippen molar-refractivity contribution >= 4 is 27.6 Å². The number of methoxy groups -OCH3 is 1. The van der Waals surface area contributed by atoms with E-state index in [1.807, 2.05) is 24.1 Å². The minimum absolute atomic E-state index is 0.457. The third-order valence-corrected chi connectivity index (χ3v) is 3.29. The summed E-state index contributed by atoms with van der Waals surface area (Å²) in [6.45, 7) is 0.691. The third kappa shape index (κ3) is 3.17. The summed E-state index contributed by atoms with van der Waals surface area (Å²) >= 11 is 3.46. The van der Waals surface area contributed by atoms with Gasteiger partial charge in [-0.25, -0.2) is 15.8 Å². The number of rotatable bonds is 5. The number of nitrogen functional groups attached to an aromatic ring is 1. The molecule has 0 radical (unpaired) electrons. The first-order valence-corrected chi connectivity index (χ1v) is 6.76. The Morgan fingerprint density at radius 3 is 2.85 bits per heavy atom. The van der Waals surface area contributed by atoms with Crippen molar-refractivity contribution in [1.82, 2.24) is 9.97 Å². The summed E-state index contributed by atoms with van der Waals surface area (Å²) in [6, 6.07) is 8.10. The van der Waals surface area contributed by atoms with E-state index in [1.54, 1.807) is 7.11 Å². The first kappa shape index (κ1) is 14.5. The molecule has 0 amide bonds. The Labute approximate surface area is 126 Å². The van der Waals surface area contributed by atoms with Gasteiger partial charge >= 0.3 is 0 Å². The number of hydrogen-bond donors (Lipinski definition) is 2. The standard InChI is InChI=1S/C13H16BrN5O/c1-19(7-9-4-3-5-10(14)6-9)13-11(20-2)12(18-15)16-8-17-13/h3-6,8H,7,15H2,1-2H3,(H,16,17,18). The van der Waals surface area contributed by atoms with Crippen LogP contribution < -0.4 is 20.9 Å². The number of nitrogens with one attached hydrogen (secondary N) is 1. The molecule has 0 unspecified atom stereocenters. The van der Waals surface area contributed by atoms with Crippen molar-refractivity contribution in [3.8, 4) is 5.75 Å². The average Bonchev–Trinajstić information content (AvgIpc) is 2.46. The van der Waals surface area contributed by atoms with Gasteiger partial charge in [0.1, 0.15) is 6.33 Å². The molecule has 0 aliphatic carbocycles. The van der Waals surface area contributed by atoms with Crippen molar-refractivity contribution in [3.05, 3.63) is 40.6 Å². The molecule has 0 bridgehead atoms. The Morgan fingerprint density at radius 1 is 1.40 bits per heavy atom. The van der Waals surface area contributed by atoms with Crippen molar-refractivity contribution in [1.29, 1.82) is 0 Å². The molecule has 1 aromatic carbocycles. The third-order valence-electron chi connectivity index (χ3n) is 2.80. The maximum Gasteiger partial charge on any atom is 0.205 e. The number of benzene rings is 1. The van der Waals surface area contributed by atoms with E-state index in [0.717, 1.165) is 10.0 Å². The van der Waals surface area contributed by atoms with E-state index < -0.39 is 0 Å². The zero-order chi connectivity index (χ0) is 14.5. The molecule has 0 fully saturated rings. The highest BCUT2D eigenvalue weighted by atomic mass is 79.9. The highest BCUT2D eigenvalue weighted by Crippen LogP contribution is 2.31. The van der Waals surface area contributed by atoms with Gasteiger partial charge in [-0.15, -0.1) is 0 Å². The maximum atomic E-state index is 5.42. The van der Waals surface area contributed by atoms with Gasteiger partial charge in [-0.1, -0.05) is 28.1 Å². The van der Waals surface area contributed by atoms with Crippen molar-refractivity contribution in [2.24, 2.45) is 5.84 Å². The van der Waals surface area contributed by atoms with Crippen LogP contribution >= 0.6 is 15.9 Å². The molecule has 0 spiro atoms. The molecule has 6 nitrogen and oxygen atoms in total. The molecular weight excluding hydrogens is 322 g/mol. The van der Waals surface area contributed by atoms with Crippen molar-refractivity contribution < 1.29 is 4.74 Å². The van der Waals surface area contributed by atoms with Crippen LogP contribution in [0.1, 0.15) is 5.56 Å². The number of aromatic nitrogens is 2. The lowest BCUT2D eigenvalue weighted by Gasteiger charge is -2.21. The van der Waals surface area contributed by atoms with E-state index in [9.17, 15) is 0 Å². The SMILES string of the molecule is COc1c(NN)ncnc1N(C)Cc1cccc(Br)c1. The lowest BCUT2D eigenvalue weighted by molar-refractivity contribution is 0.412. The van der Waals surface area contributed by atoms with E-state index in [1.165, 1.54) is 6.33 Å². The first-order chi connectivity index (χ1) is 9.65. The lowest BCUT2D eigenvalue weighted by Crippen LogP contribution is -2.20. The van der Waals surface area contributed by atoms with Crippen LogP contribution in [0.4, 0.5) is 11.6 Å². The summed E-state index contributed by atoms with van der Waals surface area (Å²) < 4.78 is 6.38. The number of hydrazine groups is 1. The largest absolute Gasteiger partial charge is 0.490 e. The second-order valence-electron chi connectivity index (χ2n) is 4.21. The molecule has 1 heterocycles. The summed E-state index contributed by atoms with van der Waals surface area (Å²) in [4.78, 5) is 10.3. The second-order valence-corrected chi connectivity index (χ2v) is 5.13.